The number of benzene rings is 2. The number of aromatic nitrogens is 2. The van der Waals surface area contributed by atoms with Gasteiger partial charge in [-0.2, -0.15) is 5.10 Å². The van der Waals surface area contributed by atoms with E-state index in [2.05, 4.69) is 15.5 Å². The molecule has 1 aliphatic rings. The van der Waals surface area contributed by atoms with E-state index >= 15 is 0 Å². The number of carbonyl (C=O) groups is 2. The first kappa shape index (κ1) is 14.4. The number of anilines is 2. The second-order valence-corrected chi connectivity index (χ2v) is 5.89. The summed E-state index contributed by atoms with van der Waals surface area (Å²) in [4.78, 5) is 25.8. The Morgan fingerprint density at radius 2 is 2.08 bits per heavy atom. The first-order chi connectivity index (χ1) is 11.6. The van der Waals surface area contributed by atoms with Crippen molar-refractivity contribution in [2.75, 3.05) is 16.8 Å². The number of H-pyrrole nitrogens is 1. The predicted octanol–water partition coefficient (Wildman–Crippen LogP) is 2.72. The first-order valence-corrected chi connectivity index (χ1v) is 7.77. The lowest BCUT2D eigenvalue weighted by Gasteiger charge is -2.14. The smallest absolute Gasteiger partial charge is 0.255 e. The van der Waals surface area contributed by atoms with Gasteiger partial charge >= 0.3 is 0 Å². The van der Waals surface area contributed by atoms with Gasteiger partial charge in [0.25, 0.3) is 5.91 Å². The van der Waals surface area contributed by atoms with Gasteiger partial charge in [0.2, 0.25) is 5.91 Å². The van der Waals surface area contributed by atoms with Gasteiger partial charge in [-0.05, 0) is 48.4 Å². The minimum atomic E-state index is -0.165. The molecule has 4 rings (SSSR count). The van der Waals surface area contributed by atoms with E-state index in [4.69, 9.17) is 0 Å². The van der Waals surface area contributed by atoms with Crippen molar-refractivity contribution in [1.29, 1.82) is 0 Å². The fourth-order valence-corrected chi connectivity index (χ4v) is 3.09. The number of nitrogens with one attached hydrogen (secondary N) is 2. The molecule has 0 saturated carbocycles. The molecule has 2 heterocycles. The van der Waals surface area contributed by atoms with Crippen molar-refractivity contribution in [3.63, 3.8) is 0 Å². The molecule has 0 fully saturated rings. The molecule has 6 heteroatoms. The molecular formula is C18H16N4O2. The van der Waals surface area contributed by atoms with Crippen molar-refractivity contribution in [1.82, 2.24) is 10.2 Å². The summed E-state index contributed by atoms with van der Waals surface area (Å²) in [5, 5.41) is 10.7. The molecule has 2 N–H and O–H groups in total. The molecule has 1 aromatic heterocycles. The second kappa shape index (κ2) is 5.49. The molecule has 0 spiro atoms. The summed E-state index contributed by atoms with van der Waals surface area (Å²) in [6, 6.07) is 11.1. The van der Waals surface area contributed by atoms with Gasteiger partial charge in [0, 0.05) is 35.8 Å². The molecule has 2 aromatic carbocycles. The SMILES string of the molecule is CC(=O)N1CCc2cc(C(=O)Nc3ccc4[nH]ncc4c3)ccc21. The number of carbonyl (C=O) groups excluding carboxylic acids is 2. The topological polar surface area (TPSA) is 78.1 Å². The highest BCUT2D eigenvalue weighted by Gasteiger charge is 2.23. The summed E-state index contributed by atoms with van der Waals surface area (Å²) < 4.78 is 0. The minimum absolute atomic E-state index is 0.0272. The van der Waals surface area contributed by atoms with Gasteiger partial charge < -0.3 is 10.2 Å². The molecule has 2 amide bonds. The maximum Gasteiger partial charge on any atom is 0.255 e. The highest BCUT2D eigenvalue weighted by atomic mass is 16.2. The van der Waals surface area contributed by atoms with Gasteiger partial charge in [-0.3, -0.25) is 14.7 Å². The summed E-state index contributed by atoms with van der Waals surface area (Å²) in [6.07, 6.45) is 2.49. The molecule has 6 nitrogen and oxygen atoms in total. The summed E-state index contributed by atoms with van der Waals surface area (Å²) in [7, 11) is 0. The summed E-state index contributed by atoms with van der Waals surface area (Å²) in [5.41, 5.74) is 4.17. The molecule has 24 heavy (non-hydrogen) atoms. The van der Waals surface area contributed by atoms with Crippen LogP contribution in [0, 0.1) is 0 Å². The molecule has 3 aromatic rings. The van der Waals surface area contributed by atoms with Crippen LogP contribution in [0.3, 0.4) is 0 Å². The number of hydrogen-bond donors (Lipinski definition) is 2. The van der Waals surface area contributed by atoms with Gasteiger partial charge in [0.1, 0.15) is 0 Å². The minimum Gasteiger partial charge on any atom is -0.322 e. The van der Waals surface area contributed by atoms with Crippen LogP contribution in [0.25, 0.3) is 10.9 Å². The molecule has 0 aliphatic carbocycles. The molecule has 0 radical (unpaired) electrons. The number of amides is 2. The Morgan fingerprint density at radius 1 is 1.21 bits per heavy atom. The fraction of sp³-hybridized carbons (Fsp3) is 0.167. The largest absolute Gasteiger partial charge is 0.322 e. The van der Waals surface area contributed by atoms with Crippen LogP contribution in [0.15, 0.2) is 42.6 Å². The van der Waals surface area contributed by atoms with E-state index in [1.54, 1.807) is 24.1 Å². The third-order valence-electron chi connectivity index (χ3n) is 4.32. The van der Waals surface area contributed by atoms with Crippen LogP contribution < -0.4 is 10.2 Å². The molecule has 1 aliphatic heterocycles. The third kappa shape index (κ3) is 2.42. The molecule has 0 atom stereocenters. The molecule has 120 valence electrons. The highest BCUT2D eigenvalue weighted by Crippen LogP contribution is 2.29. The van der Waals surface area contributed by atoms with Gasteiger partial charge in [-0.15, -0.1) is 0 Å². The number of aromatic amines is 1. The van der Waals surface area contributed by atoms with Gasteiger partial charge in [-0.1, -0.05) is 0 Å². The van der Waals surface area contributed by atoms with Crippen LogP contribution in [-0.4, -0.2) is 28.6 Å². The van der Waals surface area contributed by atoms with Crippen LogP contribution in [0.4, 0.5) is 11.4 Å². The van der Waals surface area contributed by atoms with E-state index in [9.17, 15) is 9.59 Å². The number of fused-ring (bicyclic) bond motifs is 2. The van der Waals surface area contributed by atoms with Gasteiger partial charge in [0.15, 0.2) is 0 Å². The summed E-state index contributed by atoms with van der Waals surface area (Å²) >= 11 is 0. The molecule has 0 unspecified atom stereocenters. The zero-order valence-corrected chi connectivity index (χ0v) is 13.2. The van der Waals surface area contributed by atoms with Crippen molar-refractivity contribution < 1.29 is 9.59 Å². The van der Waals surface area contributed by atoms with E-state index in [1.165, 1.54) is 0 Å². The normalized spacial score (nSPS) is 13.1. The zero-order valence-electron chi connectivity index (χ0n) is 13.2. The van der Waals surface area contributed by atoms with Crippen LogP contribution in [0.5, 0.6) is 0 Å². The van der Waals surface area contributed by atoms with E-state index in [-0.39, 0.29) is 11.8 Å². The van der Waals surface area contributed by atoms with Gasteiger partial charge in [-0.25, -0.2) is 0 Å². The Kier molecular flexibility index (Phi) is 3.30. The highest BCUT2D eigenvalue weighted by molar-refractivity contribution is 6.06. The lowest BCUT2D eigenvalue weighted by molar-refractivity contribution is -0.116. The average Bonchev–Trinajstić information content (AvgIpc) is 3.20. The van der Waals surface area contributed by atoms with Crippen LogP contribution in [-0.2, 0) is 11.2 Å². The van der Waals surface area contributed by atoms with E-state index < -0.39 is 0 Å². The third-order valence-corrected chi connectivity index (χ3v) is 4.32. The van der Waals surface area contributed by atoms with Crippen molar-refractivity contribution in [2.24, 2.45) is 0 Å². The van der Waals surface area contributed by atoms with Crippen LogP contribution >= 0.6 is 0 Å². The Morgan fingerprint density at radius 3 is 2.92 bits per heavy atom. The monoisotopic (exact) mass is 320 g/mol. The molecular weight excluding hydrogens is 304 g/mol. The Hall–Kier alpha value is -3.15. The Bertz CT molecular complexity index is 961. The lowest BCUT2D eigenvalue weighted by Crippen LogP contribution is -2.25. The van der Waals surface area contributed by atoms with Crippen molar-refractivity contribution in [3.05, 3.63) is 53.7 Å². The standard InChI is InChI=1S/C18H16N4O2/c1-11(23)22-7-6-12-8-13(2-5-17(12)22)18(24)20-15-3-4-16-14(9-15)10-19-21-16/h2-5,8-10H,6-7H2,1H3,(H,19,21)(H,20,24). The van der Waals surface area contributed by atoms with Crippen LogP contribution in [0.1, 0.15) is 22.8 Å². The average molecular weight is 320 g/mol. The van der Waals surface area contributed by atoms with Crippen molar-refractivity contribution >= 4 is 34.1 Å². The fourth-order valence-electron chi connectivity index (χ4n) is 3.09. The second-order valence-electron chi connectivity index (χ2n) is 5.89. The lowest BCUT2D eigenvalue weighted by atomic mass is 10.1. The Balaban J connectivity index is 1.57. The predicted molar refractivity (Wildman–Crippen MR) is 92.2 cm³/mol. The van der Waals surface area contributed by atoms with Crippen molar-refractivity contribution in [2.45, 2.75) is 13.3 Å². The summed E-state index contributed by atoms with van der Waals surface area (Å²) in [6.45, 7) is 2.23. The number of hydrogen-bond acceptors (Lipinski definition) is 3. The van der Waals surface area contributed by atoms with Crippen molar-refractivity contribution in [3.8, 4) is 0 Å². The maximum absolute atomic E-state index is 12.5. The van der Waals surface area contributed by atoms with E-state index in [1.807, 2.05) is 30.3 Å². The van der Waals surface area contributed by atoms with E-state index in [0.717, 1.165) is 34.3 Å². The quantitative estimate of drug-likeness (QED) is 0.762. The maximum atomic E-state index is 12.5. The van der Waals surface area contributed by atoms with Gasteiger partial charge in [0.05, 0.1) is 11.7 Å². The first-order valence-electron chi connectivity index (χ1n) is 7.77. The van der Waals surface area contributed by atoms with Crippen LogP contribution in [0.2, 0.25) is 0 Å². The summed E-state index contributed by atoms with van der Waals surface area (Å²) in [5.74, 6) is -0.138. The number of rotatable bonds is 2. The van der Waals surface area contributed by atoms with E-state index in [0.29, 0.717) is 12.1 Å². The zero-order chi connectivity index (χ0) is 16.7. The Labute approximate surface area is 138 Å². The molecule has 0 saturated heterocycles. The molecule has 0 bridgehead atoms. The number of nitrogens with zero attached hydrogens (tertiary/aromatic N) is 2.